The van der Waals surface area contributed by atoms with Crippen LogP contribution in [-0.4, -0.2) is 49.0 Å². The first-order chi connectivity index (χ1) is 19.4. The summed E-state index contributed by atoms with van der Waals surface area (Å²) in [6.07, 6.45) is -2.29. The van der Waals surface area contributed by atoms with Crippen LogP contribution in [0.1, 0.15) is 63.3 Å². The fourth-order valence-electron chi connectivity index (χ4n) is 4.89. The van der Waals surface area contributed by atoms with Crippen molar-refractivity contribution in [1.82, 2.24) is 30.0 Å². The first-order valence-corrected chi connectivity index (χ1v) is 12.9. The molecule has 1 aromatic carbocycles. The van der Waals surface area contributed by atoms with Gasteiger partial charge in [0, 0.05) is 43.5 Å². The van der Waals surface area contributed by atoms with Gasteiger partial charge in [0.15, 0.2) is 17.4 Å². The lowest BCUT2D eigenvalue weighted by atomic mass is 9.86. The van der Waals surface area contributed by atoms with Gasteiger partial charge in [-0.1, -0.05) is 0 Å². The van der Waals surface area contributed by atoms with Crippen LogP contribution in [0.4, 0.5) is 40.8 Å². The molecule has 5 rings (SSSR count). The predicted molar refractivity (Wildman–Crippen MR) is 142 cm³/mol. The molecule has 0 aliphatic carbocycles. The zero-order valence-corrected chi connectivity index (χ0v) is 22.8. The number of carbonyl (C=O) groups excluding carboxylic acids is 1. The third-order valence-corrected chi connectivity index (χ3v) is 6.94. The quantitative estimate of drug-likeness (QED) is 0.237. The summed E-state index contributed by atoms with van der Waals surface area (Å²) in [7, 11) is 0. The van der Waals surface area contributed by atoms with Crippen molar-refractivity contribution in [3.8, 4) is 0 Å². The summed E-state index contributed by atoms with van der Waals surface area (Å²) in [5.74, 6) is -1.72. The van der Waals surface area contributed by atoms with Gasteiger partial charge in [0.2, 0.25) is 11.7 Å². The number of halogens is 4. The maximum absolute atomic E-state index is 15.2. The van der Waals surface area contributed by atoms with E-state index < -0.39 is 29.4 Å². The zero-order chi connectivity index (χ0) is 29.5. The fraction of sp³-hybridized carbons (Fsp3) is 0.370. The molecular formula is C27H28F4N8O2. The molecule has 1 amide bonds. The van der Waals surface area contributed by atoms with Crippen LogP contribution in [0, 0.1) is 33.5 Å². The molecule has 1 aliphatic heterocycles. The first-order valence-electron chi connectivity index (χ1n) is 12.9. The van der Waals surface area contributed by atoms with Crippen molar-refractivity contribution in [2.45, 2.75) is 52.6 Å². The molecule has 4 heterocycles. The topological polar surface area (TPSA) is 125 Å². The second-order valence-electron chi connectivity index (χ2n) is 10.1. The summed E-state index contributed by atoms with van der Waals surface area (Å²) in [6, 6.07) is 4.94. The van der Waals surface area contributed by atoms with Crippen molar-refractivity contribution in [3.63, 3.8) is 0 Å². The Morgan fingerprint density at radius 2 is 1.78 bits per heavy atom. The number of piperidine rings is 1. The van der Waals surface area contributed by atoms with Gasteiger partial charge in [0.25, 0.3) is 5.91 Å². The van der Waals surface area contributed by atoms with Gasteiger partial charge >= 0.3 is 6.18 Å². The van der Waals surface area contributed by atoms with Crippen molar-refractivity contribution < 1.29 is 26.8 Å². The maximum atomic E-state index is 15.2. The van der Waals surface area contributed by atoms with E-state index in [1.807, 2.05) is 26.8 Å². The van der Waals surface area contributed by atoms with Gasteiger partial charge in [-0.15, -0.1) is 0 Å². The Morgan fingerprint density at radius 3 is 2.44 bits per heavy atom. The number of anilines is 4. The van der Waals surface area contributed by atoms with Crippen LogP contribution in [0.2, 0.25) is 0 Å². The molecule has 4 aromatic rings. The molecule has 10 nitrogen and oxygen atoms in total. The molecule has 14 heteroatoms. The minimum atomic E-state index is -4.82. The van der Waals surface area contributed by atoms with Crippen LogP contribution in [0.5, 0.6) is 0 Å². The highest BCUT2D eigenvalue weighted by molar-refractivity contribution is 5.93. The van der Waals surface area contributed by atoms with Crippen LogP contribution < -0.4 is 10.6 Å². The smallest absolute Gasteiger partial charge is 0.436 e. The van der Waals surface area contributed by atoms with Gasteiger partial charge in [-0.3, -0.25) is 9.89 Å². The number of aromatic amines is 1. The molecule has 0 atom stereocenters. The minimum Gasteiger partial charge on any atom is -0.436 e. The molecule has 1 fully saturated rings. The number of amides is 1. The summed E-state index contributed by atoms with van der Waals surface area (Å²) in [5, 5.41) is 13.0. The molecule has 41 heavy (non-hydrogen) atoms. The number of benzene rings is 1. The number of hydrogen-bond donors (Lipinski definition) is 3. The number of aromatic nitrogens is 5. The van der Waals surface area contributed by atoms with E-state index >= 15 is 4.39 Å². The molecule has 1 aliphatic rings. The van der Waals surface area contributed by atoms with E-state index in [9.17, 15) is 18.0 Å². The second-order valence-corrected chi connectivity index (χ2v) is 10.1. The zero-order valence-electron chi connectivity index (χ0n) is 22.8. The Hall–Kier alpha value is -4.49. The molecule has 0 bridgehead atoms. The van der Waals surface area contributed by atoms with E-state index in [0.717, 1.165) is 22.4 Å². The minimum absolute atomic E-state index is 0.0764. The Kier molecular flexibility index (Phi) is 7.41. The molecule has 3 N–H and O–H groups in total. The number of hydrogen-bond acceptors (Lipinski definition) is 8. The molecule has 216 valence electrons. The highest BCUT2D eigenvalue weighted by Gasteiger charge is 2.42. The van der Waals surface area contributed by atoms with Crippen LogP contribution >= 0.6 is 0 Å². The highest BCUT2D eigenvalue weighted by Crippen LogP contribution is 2.36. The van der Waals surface area contributed by atoms with E-state index in [4.69, 9.17) is 0 Å². The molecule has 0 unspecified atom stereocenters. The van der Waals surface area contributed by atoms with Gasteiger partial charge in [0.1, 0.15) is 11.6 Å². The first kappa shape index (κ1) is 28.1. The summed E-state index contributed by atoms with van der Waals surface area (Å²) in [4.78, 5) is 26.5. The second kappa shape index (κ2) is 10.8. The van der Waals surface area contributed by atoms with Crippen molar-refractivity contribution >= 4 is 29.2 Å². The Bertz CT molecular complexity index is 1590. The van der Waals surface area contributed by atoms with Crippen LogP contribution in [-0.2, 0) is 6.18 Å². The monoisotopic (exact) mass is 572 g/mol. The fourth-order valence-corrected chi connectivity index (χ4v) is 4.89. The van der Waals surface area contributed by atoms with E-state index in [-0.39, 0.29) is 36.5 Å². The van der Waals surface area contributed by atoms with E-state index in [1.165, 1.54) is 17.9 Å². The molecule has 0 spiro atoms. The summed E-state index contributed by atoms with van der Waals surface area (Å²) in [5.41, 5.74) is 2.72. The van der Waals surface area contributed by atoms with Crippen molar-refractivity contribution in [2.24, 2.45) is 0 Å². The van der Waals surface area contributed by atoms with Gasteiger partial charge in [-0.05, 0) is 62.8 Å². The average Bonchev–Trinajstić information content (AvgIpc) is 3.52. The number of nitrogens with one attached hydrogen (secondary N) is 3. The molecular weight excluding hydrogens is 544 g/mol. The van der Waals surface area contributed by atoms with E-state index in [0.29, 0.717) is 24.5 Å². The van der Waals surface area contributed by atoms with Crippen molar-refractivity contribution in [1.29, 1.82) is 0 Å². The van der Waals surface area contributed by atoms with Crippen LogP contribution in [0.15, 0.2) is 28.8 Å². The Balaban J connectivity index is 1.27. The highest BCUT2D eigenvalue weighted by atomic mass is 19.4. The average molecular weight is 573 g/mol. The van der Waals surface area contributed by atoms with Gasteiger partial charge in [-0.25, -0.2) is 14.4 Å². The van der Waals surface area contributed by atoms with E-state index in [1.54, 1.807) is 12.3 Å². The third-order valence-electron chi connectivity index (χ3n) is 6.94. The maximum Gasteiger partial charge on any atom is 0.452 e. The lowest BCUT2D eigenvalue weighted by molar-refractivity contribution is -0.153. The number of rotatable bonds is 6. The van der Waals surface area contributed by atoms with Gasteiger partial charge < -0.3 is 20.0 Å². The SMILES string of the molecule is Cc1cc(Nc2nc(Nc3cc(C)c(C4CCN(C(=O)c5nc(C)oc5C(F)(F)F)CC4)cc3F)ncc2C)n[nH]1. The van der Waals surface area contributed by atoms with Gasteiger partial charge in [-0.2, -0.15) is 23.3 Å². The van der Waals surface area contributed by atoms with Crippen molar-refractivity contribution in [3.05, 3.63) is 69.9 Å². The van der Waals surface area contributed by atoms with Crippen molar-refractivity contribution in [2.75, 3.05) is 23.7 Å². The molecule has 3 aromatic heterocycles. The van der Waals surface area contributed by atoms with E-state index in [2.05, 4.69) is 40.2 Å². The van der Waals surface area contributed by atoms with Gasteiger partial charge in [0.05, 0.1) is 5.69 Å². The predicted octanol–water partition coefficient (Wildman–Crippen LogP) is 6.09. The summed E-state index contributed by atoms with van der Waals surface area (Å²) < 4.78 is 59.8. The summed E-state index contributed by atoms with van der Waals surface area (Å²) >= 11 is 0. The number of carbonyl (C=O) groups is 1. The molecule has 1 saturated heterocycles. The summed E-state index contributed by atoms with van der Waals surface area (Å²) in [6.45, 7) is 7.24. The largest absolute Gasteiger partial charge is 0.452 e. The standard InChI is InChI=1S/C27H28F4N8O2/c1-13-9-20(34-26-32-12-14(2)24(36-26)35-21-10-15(3)37-38-21)19(28)11-18(13)17-5-7-39(8-6-17)25(40)22-23(27(29,30)31)41-16(4)33-22/h9-12,17H,5-8H2,1-4H3,(H3,32,34,35,36,37,38). The van der Waals surface area contributed by atoms with Crippen LogP contribution in [0.3, 0.4) is 0 Å². The molecule has 0 saturated carbocycles. The Labute approximate surface area is 232 Å². The Morgan fingerprint density at radius 1 is 1.05 bits per heavy atom. The third kappa shape index (κ3) is 6.00. The molecule has 0 radical (unpaired) electrons. The number of likely N-dealkylation sites (tertiary alicyclic amines) is 1. The lowest BCUT2D eigenvalue weighted by Gasteiger charge is -2.32. The lowest BCUT2D eigenvalue weighted by Crippen LogP contribution is -2.39. The number of alkyl halides is 3. The number of nitrogens with zero attached hydrogens (tertiary/aromatic N) is 5. The number of oxazole rings is 1. The normalized spacial score (nSPS) is 14.4. The number of aryl methyl sites for hydroxylation is 4. The number of H-pyrrole nitrogens is 1. The van der Waals surface area contributed by atoms with Crippen LogP contribution in [0.25, 0.3) is 0 Å².